The molecule has 0 bridgehead atoms. The van der Waals surface area contributed by atoms with Crippen molar-refractivity contribution < 1.29 is 0 Å². The fraction of sp³-hybridized carbons (Fsp3) is 0.222. The maximum atomic E-state index is 5.88. The summed E-state index contributed by atoms with van der Waals surface area (Å²) in [5.74, 6) is 0. The first-order chi connectivity index (χ1) is 5.74. The summed E-state index contributed by atoms with van der Waals surface area (Å²) in [4.78, 5) is 3.89. The van der Waals surface area contributed by atoms with E-state index in [4.69, 9.17) is 17.3 Å². The van der Waals surface area contributed by atoms with E-state index in [9.17, 15) is 0 Å². The minimum absolute atomic E-state index is 0.554. The number of nitrogens with zero attached hydrogens (tertiary/aromatic N) is 1. The van der Waals surface area contributed by atoms with Gasteiger partial charge in [0.1, 0.15) is 0 Å². The maximum absolute atomic E-state index is 5.88. The fourth-order valence-electron chi connectivity index (χ4n) is 0.827. The van der Waals surface area contributed by atoms with E-state index in [2.05, 4.69) is 4.98 Å². The van der Waals surface area contributed by atoms with Gasteiger partial charge in [0.05, 0.1) is 5.02 Å². The zero-order valence-corrected chi connectivity index (χ0v) is 7.67. The average molecular weight is 183 g/mol. The maximum Gasteiger partial charge on any atom is 0.0661 e. The molecule has 0 amide bonds. The zero-order chi connectivity index (χ0) is 8.97. The molecule has 64 valence electrons. The second kappa shape index (κ2) is 4.24. The molecular weight excluding hydrogens is 172 g/mol. The topological polar surface area (TPSA) is 38.9 Å². The predicted molar refractivity (Wildman–Crippen MR) is 52.0 cm³/mol. The molecule has 0 spiro atoms. The van der Waals surface area contributed by atoms with Gasteiger partial charge in [-0.15, -0.1) is 0 Å². The molecule has 0 aliphatic heterocycles. The summed E-state index contributed by atoms with van der Waals surface area (Å²) in [5.41, 5.74) is 7.51. The highest BCUT2D eigenvalue weighted by molar-refractivity contribution is 6.31. The first-order valence-corrected chi connectivity index (χ1v) is 4.08. The lowest BCUT2D eigenvalue weighted by atomic mass is 10.2. The summed E-state index contributed by atoms with van der Waals surface area (Å²) in [7, 11) is 0. The molecule has 0 saturated carbocycles. The van der Waals surface area contributed by atoms with Gasteiger partial charge in [0, 0.05) is 18.9 Å². The zero-order valence-electron chi connectivity index (χ0n) is 6.92. The van der Waals surface area contributed by atoms with Crippen molar-refractivity contribution in [3.8, 4) is 0 Å². The van der Waals surface area contributed by atoms with Crippen LogP contribution in [0.15, 0.2) is 24.0 Å². The third kappa shape index (κ3) is 2.32. The van der Waals surface area contributed by atoms with Crippen molar-refractivity contribution in [2.24, 2.45) is 5.73 Å². The van der Waals surface area contributed by atoms with Gasteiger partial charge in [-0.3, -0.25) is 4.98 Å². The van der Waals surface area contributed by atoms with Crippen LogP contribution in [-0.4, -0.2) is 11.5 Å². The Morgan fingerprint density at radius 1 is 1.75 bits per heavy atom. The van der Waals surface area contributed by atoms with Crippen molar-refractivity contribution >= 4 is 17.7 Å². The van der Waals surface area contributed by atoms with Crippen molar-refractivity contribution in [2.45, 2.75) is 6.92 Å². The number of aromatic nitrogens is 1. The van der Waals surface area contributed by atoms with E-state index in [1.165, 1.54) is 0 Å². The molecule has 0 aliphatic rings. The first-order valence-electron chi connectivity index (χ1n) is 3.71. The summed E-state index contributed by atoms with van der Waals surface area (Å²) in [5, 5.41) is 0.658. The Morgan fingerprint density at radius 3 is 3.08 bits per heavy atom. The molecule has 0 saturated heterocycles. The molecule has 0 fully saturated rings. The summed E-state index contributed by atoms with van der Waals surface area (Å²) in [6, 6.07) is 1.86. The molecule has 1 rings (SSSR count). The van der Waals surface area contributed by atoms with Crippen LogP contribution < -0.4 is 5.73 Å². The third-order valence-corrected chi connectivity index (χ3v) is 1.84. The molecule has 1 heterocycles. The van der Waals surface area contributed by atoms with Crippen LogP contribution in [0.3, 0.4) is 0 Å². The van der Waals surface area contributed by atoms with Crippen LogP contribution in [0.2, 0.25) is 5.02 Å². The number of nitrogens with two attached hydrogens (primary N) is 1. The Labute approximate surface area is 77.1 Å². The smallest absolute Gasteiger partial charge is 0.0661 e. The van der Waals surface area contributed by atoms with Crippen LogP contribution >= 0.6 is 11.6 Å². The molecule has 1 aromatic heterocycles. The number of hydrogen-bond donors (Lipinski definition) is 1. The van der Waals surface area contributed by atoms with Gasteiger partial charge in [-0.2, -0.15) is 0 Å². The molecule has 1 aromatic rings. The van der Waals surface area contributed by atoms with Gasteiger partial charge in [-0.25, -0.2) is 0 Å². The van der Waals surface area contributed by atoms with Crippen LogP contribution in [0.1, 0.15) is 12.5 Å². The summed E-state index contributed by atoms with van der Waals surface area (Å²) >= 11 is 5.88. The monoisotopic (exact) mass is 182 g/mol. The van der Waals surface area contributed by atoms with E-state index in [1.807, 2.05) is 19.1 Å². The summed E-state index contributed by atoms with van der Waals surface area (Å²) in [6.45, 7) is 2.52. The average Bonchev–Trinajstić information content (AvgIpc) is 2.09. The predicted octanol–water partition coefficient (Wildman–Crippen LogP) is 2.10. The minimum atomic E-state index is 0.554. The van der Waals surface area contributed by atoms with Crippen LogP contribution in [-0.2, 0) is 0 Å². The Bertz CT molecular complexity index is 294. The molecule has 0 aliphatic carbocycles. The number of rotatable bonds is 2. The minimum Gasteiger partial charge on any atom is -0.327 e. The molecule has 3 heteroatoms. The Kier molecular flexibility index (Phi) is 3.26. The lowest BCUT2D eigenvalue weighted by Gasteiger charge is -1.98. The molecular formula is C9H11ClN2. The highest BCUT2D eigenvalue weighted by Gasteiger charge is 1.95. The van der Waals surface area contributed by atoms with E-state index in [0.29, 0.717) is 11.6 Å². The quantitative estimate of drug-likeness (QED) is 0.761. The van der Waals surface area contributed by atoms with E-state index < -0.39 is 0 Å². The standard InChI is InChI=1S/C9H11ClN2/c1-7(5-11)4-8-2-3-12-6-9(8)10/h2-4,6H,5,11H2,1H3/b7-4-. The fourth-order valence-corrected chi connectivity index (χ4v) is 1.00. The van der Waals surface area contributed by atoms with Gasteiger partial charge in [0.15, 0.2) is 0 Å². The molecule has 2 N–H and O–H groups in total. The van der Waals surface area contributed by atoms with Gasteiger partial charge in [-0.1, -0.05) is 23.3 Å². The third-order valence-electron chi connectivity index (χ3n) is 1.53. The van der Waals surface area contributed by atoms with Crippen LogP contribution in [0.4, 0.5) is 0 Å². The van der Waals surface area contributed by atoms with Crippen molar-refractivity contribution in [2.75, 3.05) is 6.54 Å². The van der Waals surface area contributed by atoms with Crippen LogP contribution in [0.5, 0.6) is 0 Å². The van der Waals surface area contributed by atoms with Crippen molar-refractivity contribution in [3.05, 3.63) is 34.6 Å². The van der Waals surface area contributed by atoms with Gasteiger partial charge in [0.2, 0.25) is 0 Å². The second-order valence-electron chi connectivity index (χ2n) is 2.59. The Balaban J connectivity index is 2.96. The van der Waals surface area contributed by atoms with E-state index in [0.717, 1.165) is 11.1 Å². The number of pyridine rings is 1. The van der Waals surface area contributed by atoms with Crippen LogP contribution in [0.25, 0.3) is 6.08 Å². The first kappa shape index (κ1) is 9.23. The SMILES string of the molecule is C/C(=C/c1ccncc1Cl)CN. The lowest BCUT2D eigenvalue weighted by Crippen LogP contribution is -1.99. The molecule has 2 nitrogen and oxygen atoms in total. The molecule has 0 atom stereocenters. The van der Waals surface area contributed by atoms with E-state index >= 15 is 0 Å². The second-order valence-corrected chi connectivity index (χ2v) is 3.00. The highest BCUT2D eigenvalue weighted by Crippen LogP contribution is 2.16. The Hall–Kier alpha value is -0.860. The van der Waals surface area contributed by atoms with Gasteiger partial charge in [-0.05, 0) is 18.6 Å². The summed E-state index contributed by atoms with van der Waals surface area (Å²) in [6.07, 6.45) is 5.29. The molecule has 12 heavy (non-hydrogen) atoms. The van der Waals surface area contributed by atoms with Crippen molar-refractivity contribution in [3.63, 3.8) is 0 Å². The largest absolute Gasteiger partial charge is 0.327 e. The van der Waals surface area contributed by atoms with Crippen molar-refractivity contribution in [1.82, 2.24) is 4.98 Å². The van der Waals surface area contributed by atoms with Gasteiger partial charge < -0.3 is 5.73 Å². The number of halogens is 1. The molecule has 0 unspecified atom stereocenters. The Morgan fingerprint density at radius 2 is 2.50 bits per heavy atom. The van der Waals surface area contributed by atoms with Crippen molar-refractivity contribution in [1.29, 1.82) is 0 Å². The highest BCUT2D eigenvalue weighted by atomic mass is 35.5. The van der Waals surface area contributed by atoms with Crippen LogP contribution in [0, 0.1) is 0 Å². The normalized spacial score (nSPS) is 11.8. The lowest BCUT2D eigenvalue weighted by molar-refractivity contribution is 1.15. The molecule has 0 radical (unpaired) electrons. The van der Waals surface area contributed by atoms with E-state index in [1.54, 1.807) is 12.4 Å². The van der Waals surface area contributed by atoms with E-state index in [-0.39, 0.29) is 0 Å². The van der Waals surface area contributed by atoms with Gasteiger partial charge in [0.25, 0.3) is 0 Å². The number of hydrogen-bond acceptors (Lipinski definition) is 2. The molecule has 0 aromatic carbocycles. The van der Waals surface area contributed by atoms with Gasteiger partial charge >= 0.3 is 0 Å². The summed E-state index contributed by atoms with van der Waals surface area (Å²) < 4.78 is 0.